The second-order valence-electron chi connectivity index (χ2n) is 1.90. The van der Waals surface area contributed by atoms with E-state index in [1.54, 1.807) is 6.92 Å². The Hall–Kier alpha value is -1.23. The fourth-order valence-electron chi connectivity index (χ4n) is 0.692. The fourth-order valence-corrected chi connectivity index (χ4v) is 1.32. The summed E-state index contributed by atoms with van der Waals surface area (Å²) in [7, 11) is 0. The molecule has 0 saturated carbocycles. The molecule has 0 fully saturated rings. The van der Waals surface area contributed by atoms with E-state index in [-0.39, 0.29) is 17.0 Å². The quantitative estimate of drug-likeness (QED) is 0.397. The topological polar surface area (TPSA) is 56.3 Å². The Labute approximate surface area is 73.2 Å². The SMILES string of the molecule is CCOc1ncsc1C(=O)C=O. The van der Waals surface area contributed by atoms with Gasteiger partial charge in [0.15, 0.2) is 6.29 Å². The van der Waals surface area contributed by atoms with E-state index in [1.165, 1.54) is 5.51 Å². The Kier molecular flexibility index (Phi) is 2.93. The van der Waals surface area contributed by atoms with Gasteiger partial charge in [-0.15, -0.1) is 11.3 Å². The van der Waals surface area contributed by atoms with E-state index in [0.29, 0.717) is 6.61 Å². The van der Waals surface area contributed by atoms with E-state index in [1.807, 2.05) is 0 Å². The Bertz CT molecular complexity index is 295. The van der Waals surface area contributed by atoms with Gasteiger partial charge in [0.25, 0.3) is 0 Å². The second-order valence-corrected chi connectivity index (χ2v) is 2.76. The first-order chi connectivity index (χ1) is 5.79. The third kappa shape index (κ3) is 1.68. The van der Waals surface area contributed by atoms with Crippen molar-refractivity contribution in [1.29, 1.82) is 0 Å². The lowest BCUT2D eigenvalue weighted by atomic mass is 10.4. The molecule has 1 aromatic heterocycles. The van der Waals surface area contributed by atoms with Gasteiger partial charge in [-0.25, -0.2) is 4.98 Å². The number of ketones is 1. The summed E-state index contributed by atoms with van der Waals surface area (Å²) < 4.78 is 5.02. The van der Waals surface area contributed by atoms with Crippen molar-refractivity contribution in [3.05, 3.63) is 10.4 Å². The molecule has 0 saturated heterocycles. The highest BCUT2D eigenvalue weighted by Crippen LogP contribution is 2.20. The highest BCUT2D eigenvalue weighted by molar-refractivity contribution is 7.12. The van der Waals surface area contributed by atoms with Gasteiger partial charge in [0.2, 0.25) is 11.7 Å². The smallest absolute Gasteiger partial charge is 0.240 e. The molecule has 1 aromatic rings. The molecule has 0 N–H and O–H groups in total. The molecule has 0 amide bonds. The van der Waals surface area contributed by atoms with Crippen LogP contribution >= 0.6 is 11.3 Å². The van der Waals surface area contributed by atoms with E-state index in [4.69, 9.17) is 4.74 Å². The summed E-state index contributed by atoms with van der Waals surface area (Å²) in [6.07, 6.45) is 0.260. The van der Waals surface area contributed by atoms with Crippen LogP contribution in [-0.4, -0.2) is 23.7 Å². The van der Waals surface area contributed by atoms with Gasteiger partial charge in [0.1, 0.15) is 4.88 Å². The zero-order valence-corrected chi connectivity index (χ0v) is 7.26. The minimum absolute atomic E-state index is 0.250. The first kappa shape index (κ1) is 8.86. The van der Waals surface area contributed by atoms with Crippen molar-refractivity contribution in [3.8, 4) is 5.88 Å². The molecule has 0 aliphatic carbocycles. The molecule has 0 spiro atoms. The van der Waals surface area contributed by atoms with Crippen LogP contribution in [0.2, 0.25) is 0 Å². The molecular formula is C7H7NO3S. The Morgan fingerprint density at radius 2 is 2.58 bits per heavy atom. The molecule has 12 heavy (non-hydrogen) atoms. The molecule has 1 rings (SSSR count). The number of thiazole rings is 1. The molecule has 4 nitrogen and oxygen atoms in total. The number of carbonyl (C=O) groups excluding carboxylic acids is 2. The highest BCUT2D eigenvalue weighted by atomic mass is 32.1. The van der Waals surface area contributed by atoms with Crippen LogP contribution in [0.3, 0.4) is 0 Å². The normalized spacial score (nSPS) is 9.42. The van der Waals surface area contributed by atoms with Gasteiger partial charge in [-0.05, 0) is 6.92 Å². The molecule has 1 heterocycles. The minimum Gasteiger partial charge on any atom is -0.477 e. The predicted molar refractivity (Wildman–Crippen MR) is 43.7 cm³/mol. The molecule has 0 aromatic carbocycles. The Balaban J connectivity index is 2.90. The molecule has 0 unspecified atom stereocenters. The average molecular weight is 185 g/mol. The van der Waals surface area contributed by atoms with Crippen molar-refractivity contribution >= 4 is 23.4 Å². The molecule has 0 bridgehead atoms. The van der Waals surface area contributed by atoms with Crippen molar-refractivity contribution < 1.29 is 14.3 Å². The number of rotatable bonds is 4. The van der Waals surface area contributed by atoms with Crippen molar-refractivity contribution in [3.63, 3.8) is 0 Å². The van der Waals surface area contributed by atoms with Crippen LogP contribution in [0.1, 0.15) is 16.6 Å². The molecule has 64 valence electrons. The van der Waals surface area contributed by atoms with E-state index < -0.39 is 5.78 Å². The number of ether oxygens (including phenoxy) is 1. The zero-order valence-electron chi connectivity index (χ0n) is 6.44. The molecule has 0 atom stereocenters. The summed E-state index contributed by atoms with van der Waals surface area (Å²) in [4.78, 5) is 25.1. The van der Waals surface area contributed by atoms with Crippen LogP contribution in [-0.2, 0) is 4.79 Å². The van der Waals surface area contributed by atoms with Gasteiger partial charge in [0, 0.05) is 0 Å². The predicted octanol–water partition coefficient (Wildman–Crippen LogP) is 0.923. The second kappa shape index (κ2) is 3.96. The molecule has 5 heteroatoms. The van der Waals surface area contributed by atoms with Crippen LogP contribution < -0.4 is 4.74 Å². The number of hydrogen-bond donors (Lipinski definition) is 0. The van der Waals surface area contributed by atoms with Crippen LogP contribution in [0, 0.1) is 0 Å². The summed E-state index contributed by atoms with van der Waals surface area (Å²) in [5, 5.41) is 0. The molecule has 0 radical (unpaired) electrons. The summed E-state index contributed by atoms with van der Waals surface area (Å²) >= 11 is 1.11. The van der Waals surface area contributed by atoms with Crippen molar-refractivity contribution in [2.24, 2.45) is 0 Å². The molecule has 0 aliphatic heterocycles. The van der Waals surface area contributed by atoms with Gasteiger partial charge in [-0.2, -0.15) is 0 Å². The van der Waals surface area contributed by atoms with Gasteiger partial charge in [0.05, 0.1) is 12.1 Å². The van der Waals surface area contributed by atoms with Gasteiger partial charge in [-0.3, -0.25) is 9.59 Å². The maximum absolute atomic E-state index is 10.9. The largest absolute Gasteiger partial charge is 0.477 e. The molecule has 0 aliphatic rings. The number of aldehydes is 1. The summed E-state index contributed by atoms with van der Waals surface area (Å²) in [5.41, 5.74) is 1.47. The number of aromatic nitrogens is 1. The lowest BCUT2D eigenvalue weighted by Gasteiger charge is -1.97. The number of nitrogens with zero attached hydrogens (tertiary/aromatic N) is 1. The van der Waals surface area contributed by atoms with Gasteiger partial charge >= 0.3 is 0 Å². The number of Topliss-reactive ketones (excluding diaryl/α,β-unsaturated/α-hetero) is 1. The van der Waals surface area contributed by atoms with Crippen molar-refractivity contribution in [2.75, 3.05) is 6.61 Å². The van der Waals surface area contributed by atoms with E-state index in [0.717, 1.165) is 11.3 Å². The number of carbonyl (C=O) groups is 2. The zero-order chi connectivity index (χ0) is 8.97. The monoisotopic (exact) mass is 185 g/mol. The van der Waals surface area contributed by atoms with Crippen LogP contribution in [0.5, 0.6) is 5.88 Å². The summed E-state index contributed by atoms with van der Waals surface area (Å²) in [6.45, 7) is 2.22. The van der Waals surface area contributed by atoms with Gasteiger partial charge in [-0.1, -0.05) is 0 Å². The Morgan fingerprint density at radius 3 is 3.17 bits per heavy atom. The first-order valence-corrected chi connectivity index (χ1v) is 4.23. The lowest BCUT2D eigenvalue weighted by Crippen LogP contribution is -2.01. The summed E-state index contributed by atoms with van der Waals surface area (Å²) in [5.74, 6) is -0.333. The first-order valence-electron chi connectivity index (χ1n) is 3.35. The van der Waals surface area contributed by atoms with Crippen molar-refractivity contribution in [2.45, 2.75) is 6.92 Å². The lowest BCUT2D eigenvalue weighted by molar-refractivity contribution is -0.104. The standard InChI is InChI=1S/C7H7NO3S/c1-2-11-7-6(5(10)3-9)12-4-8-7/h3-4H,2H2,1H3. The van der Waals surface area contributed by atoms with E-state index in [9.17, 15) is 9.59 Å². The minimum atomic E-state index is -0.582. The maximum atomic E-state index is 10.9. The number of hydrogen-bond acceptors (Lipinski definition) is 5. The van der Waals surface area contributed by atoms with Crippen LogP contribution in [0.15, 0.2) is 5.51 Å². The average Bonchev–Trinajstić information content (AvgIpc) is 2.52. The van der Waals surface area contributed by atoms with E-state index in [2.05, 4.69) is 4.98 Å². The van der Waals surface area contributed by atoms with Crippen LogP contribution in [0.4, 0.5) is 0 Å². The Morgan fingerprint density at radius 1 is 1.83 bits per heavy atom. The highest BCUT2D eigenvalue weighted by Gasteiger charge is 2.14. The van der Waals surface area contributed by atoms with Crippen LogP contribution in [0.25, 0.3) is 0 Å². The summed E-state index contributed by atoms with van der Waals surface area (Å²) in [6, 6.07) is 0. The third-order valence-corrected chi connectivity index (χ3v) is 1.97. The molecular weight excluding hydrogens is 178 g/mol. The van der Waals surface area contributed by atoms with E-state index >= 15 is 0 Å². The maximum Gasteiger partial charge on any atom is 0.240 e. The van der Waals surface area contributed by atoms with Crippen molar-refractivity contribution in [1.82, 2.24) is 4.98 Å². The van der Waals surface area contributed by atoms with Gasteiger partial charge < -0.3 is 4.74 Å². The fraction of sp³-hybridized carbons (Fsp3) is 0.286. The third-order valence-electron chi connectivity index (χ3n) is 1.15.